The predicted molar refractivity (Wildman–Crippen MR) is 104 cm³/mol. The van der Waals surface area contributed by atoms with E-state index in [-0.39, 0.29) is 10.4 Å². The first-order chi connectivity index (χ1) is 12.3. The molecule has 0 radical (unpaired) electrons. The number of fused-ring (bicyclic) bond motifs is 1. The molecule has 8 heteroatoms. The molecule has 1 saturated heterocycles. The summed E-state index contributed by atoms with van der Waals surface area (Å²) in [5.41, 5.74) is 0.867. The molecule has 0 aromatic heterocycles. The van der Waals surface area contributed by atoms with Gasteiger partial charge < -0.3 is 10.1 Å². The molecule has 2 heterocycles. The summed E-state index contributed by atoms with van der Waals surface area (Å²) in [5.74, 6) is -0.0196. The highest BCUT2D eigenvalue weighted by molar-refractivity contribution is 9.10. The first-order valence-corrected chi connectivity index (χ1v) is 9.44. The van der Waals surface area contributed by atoms with Gasteiger partial charge in [-0.25, -0.2) is 4.39 Å². The number of carbonyl (C=O) groups excluding carboxylic acids is 1. The van der Waals surface area contributed by atoms with Crippen LogP contribution >= 0.6 is 39.7 Å². The first kappa shape index (κ1) is 17.7. The summed E-state index contributed by atoms with van der Waals surface area (Å²) in [6.45, 7) is 0.549. The van der Waals surface area contributed by atoms with Crippen LogP contribution in [0.5, 0.6) is 5.75 Å². The van der Waals surface area contributed by atoms with Gasteiger partial charge >= 0.3 is 0 Å². The molecule has 1 fully saturated rings. The van der Waals surface area contributed by atoms with Crippen LogP contribution in [0.1, 0.15) is 16.7 Å². The molecular formula is C18H13BrClFN2O2S. The number of carbonyl (C=O) groups is 1. The lowest BCUT2D eigenvalue weighted by molar-refractivity contribution is -0.129. The number of amides is 1. The van der Waals surface area contributed by atoms with Crippen LogP contribution in [-0.2, 0) is 16.8 Å². The Morgan fingerprint density at radius 2 is 2.12 bits per heavy atom. The highest BCUT2D eigenvalue weighted by Crippen LogP contribution is 2.42. The molecule has 134 valence electrons. The van der Waals surface area contributed by atoms with E-state index in [0.29, 0.717) is 40.0 Å². The number of hydrogen-bond donors (Lipinski definition) is 1. The lowest BCUT2D eigenvalue weighted by Crippen LogP contribution is -2.45. The number of nitrogens with one attached hydrogen (secondary N) is 1. The van der Waals surface area contributed by atoms with E-state index in [1.54, 1.807) is 25.2 Å². The Hall–Kier alpha value is -1.70. The fourth-order valence-electron chi connectivity index (χ4n) is 3.41. The Bertz CT molecular complexity index is 970. The van der Waals surface area contributed by atoms with Gasteiger partial charge in [0.05, 0.1) is 16.1 Å². The lowest BCUT2D eigenvalue weighted by atomic mass is 9.82. The van der Waals surface area contributed by atoms with E-state index in [0.717, 1.165) is 5.56 Å². The van der Waals surface area contributed by atoms with Crippen molar-refractivity contribution in [2.75, 3.05) is 13.7 Å². The van der Waals surface area contributed by atoms with Crippen molar-refractivity contribution < 1.29 is 13.9 Å². The van der Waals surface area contributed by atoms with Crippen molar-refractivity contribution in [2.45, 2.75) is 12.0 Å². The lowest BCUT2D eigenvalue weighted by Gasteiger charge is -2.29. The van der Waals surface area contributed by atoms with Crippen LogP contribution in [0.25, 0.3) is 0 Å². The van der Waals surface area contributed by atoms with Gasteiger partial charge in [0.15, 0.2) is 10.7 Å². The third-order valence-electron chi connectivity index (χ3n) is 4.75. The summed E-state index contributed by atoms with van der Waals surface area (Å²) >= 11 is 14.9. The Morgan fingerprint density at radius 1 is 1.35 bits per heavy atom. The van der Waals surface area contributed by atoms with Crippen LogP contribution in [0.3, 0.4) is 0 Å². The molecule has 1 N–H and O–H groups in total. The number of halogens is 3. The van der Waals surface area contributed by atoms with Crippen LogP contribution in [0.2, 0.25) is 5.02 Å². The number of benzene rings is 2. The van der Waals surface area contributed by atoms with Crippen molar-refractivity contribution in [3.8, 4) is 5.75 Å². The molecule has 2 aliphatic heterocycles. The average molecular weight is 456 g/mol. The highest BCUT2D eigenvalue weighted by atomic mass is 79.9. The minimum atomic E-state index is -1.27. The maximum atomic E-state index is 13.8. The Kier molecular flexibility index (Phi) is 4.21. The second-order valence-corrected chi connectivity index (χ2v) is 7.87. The summed E-state index contributed by atoms with van der Waals surface area (Å²) in [6, 6.07) is 8.08. The number of rotatable bonds is 2. The molecule has 2 aromatic carbocycles. The van der Waals surface area contributed by atoms with Crippen LogP contribution in [0, 0.1) is 5.82 Å². The number of nitrogens with zero attached hydrogens (tertiary/aromatic N) is 1. The molecule has 1 atom stereocenters. The SMILES string of the molecule is CN1C(=O)C(c2ccc(F)c(Br)c2)(c2cc(Cl)c3c(c2)CCO3)NC1=S. The molecule has 0 saturated carbocycles. The smallest absolute Gasteiger partial charge is 0.263 e. The Labute approximate surface area is 168 Å². The quantitative estimate of drug-likeness (QED) is 0.700. The second kappa shape index (κ2) is 6.18. The van der Waals surface area contributed by atoms with Gasteiger partial charge in [0.2, 0.25) is 0 Å². The van der Waals surface area contributed by atoms with Crippen LogP contribution in [0.4, 0.5) is 4.39 Å². The van der Waals surface area contributed by atoms with Gasteiger partial charge in [-0.1, -0.05) is 17.7 Å². The van der Waals surface area contributed by atoms with E-state index in [2.05, 4.69) is 21.2 Å². The van der Waals surface area contributed by atoms with Crippen LogP contribution in [-0.4, -0.2) is 29.6 Å². The molecule has 1 unspecified atom stereocenters. The summed E-state index contributed by atoms with van der Waals surface area (Å²) in [6.07, 6.45) is 0.709. The molecular weight excluding hydrogens is 443 g/mol. The minimum absolute atomic E-state index is 0.254. The molecule has 2 aliphatic rings. The third-order valence-corrected chi connectivity index (χ3v) is 6.01. The molecule has 26 heavy (non-hydrogen) atoms. The maximum absolute atomic E-state index is 13.8. The van der Waals surface area contributed by atoms with E-state index < -0.39 is 11.4 Å². The van der Waals surface area contributed by atoms with Crippen molar-refractivity contribution in [3.63, 3.8) is 0 Å². The molecule has 0 spiro atoms. The van der Waals surface area contributed by atoms with E-state index in [1.807, 2.05) is 6.07 Å². The van der Waals surface area contributed by atoms with Crippen molar-refractivity contribution in [2.24, 2.45) is 0 Å². The normalized spacial score (nSPS) is 21.6. The summed E-state index contributed by atoms with van der Waals surface area (Å²) in [7, 11) is 1.61. The van der Waals surface area contributed by atoms with Crippen molar-refractivity contribution >= 4 is 50.8 Å². The molecule has 0 bridgehead atoms. The van der Waals surface area contributed by atoms with Crippen molar-refractivity contribution in [1.29, 1.82) is 0 Å². The molecule has 2 aromatic rings. The van der Waals surface area contributed by atoms with Gasteiger partial charge in [0, 0.05) is 13.5 Å². The number of thiocarbonyl (C=S) groups is 1. The van der Waals surface area contributed by atoms with E-state index in [4.69, 9.17) is 28.6 Å². The summed E-state index contributed by atoms with van der Waals surface area (Å²) in [4.78, 5) is 14.6. The fraction of sp³-hybridized carbons (Fsp3) is 0.222. The van der Waals surface area contributed by atoms with E-state index >= 15 is 0 Å². The van der Waals surface area contributed by atoms with Crippen molar-refractivity contribution in [1.82, 2.24) is 10.2 Å². The molecule has 4 rings (SSSR count). The number of ether oxygens (including phenoxy) is 1. The highest BCUT2D eigenvalue weighted by Gasteiger charge is 2.51. The molecule has 4 nitrogen and oxygen atoms in total. The molecule has 0 aliphatic carbocycles. The van der Waals surface area contributed by atoms with E-state index in [9.17, 15) is 9.18 Å². The predicted octanol–water partition coefficient (Wildman–Crippen LogP) is 3.77. The standard InChI is InChI=1S/C18H13BrClFN2O2S/c1-23-16(24)18(22-17(23)26,10-2-3-14(21)12(19)7-10)11-6-9-4-5-25-15(9)13(20)8-11/h2-3,6-8H,4-5H2,1H3,(H,22,26). The fourth-order valence-corrected chi connectivity index (χ4v) is 4.31. The number of likely N-dealkylation sites (N-methyl/N-ethyl adjacent to an activating group) is 1. The van der Waals surface area contributed by atoms with Gasteiger partial charge in [0.1, 0.15) is 11.6 Å². The topological polar surface area (TPSA) is 41.6 Å². The van der Waals surface area contributed by atoms with Gasteiger partial charge in [-0.3, -0.25) is 9.69 Å². The average Bonchev–Trinajstić information content (AvgIpc) is 3.17. The molecule has 1 amide bonds. The second-order valence-electron chi connectivity index (χ2n) is 6.22. The monoisotopic (exact) mass is 454 g/mol. The van der Waals surface area contributed by atoms with Crippen LogP contribution in [0.15, 0.2) is 34.8 Å². The largest absolute Gasteiger partial charge is 0.491 e. The first-order valence-electron chi connectivity index (χ1n) is 7.86. The van der Waals surface area contributed by atoms with E-state index in [1.165, 1.54) is 11.0 Å². The Morgan fingerprint density at radius 3 is 2.77 bits per heavy atom. The number of hydrogen-bond acceptors (Lipinski definition) is 3. The summed E-state index contributed by atoms with van der Waals surface area (Å²) in [5, 5.41) is 3.86. The van der Waals surface area contributed by atoms with Gasteiger partial charge in [-0.15, -0.1) is 0 Å². The minimum Gasteiger partial charge on any atom is -0.491 e. The van der Waals surface area contributed by atoms with Crippen LogP contribution < -0.4 is 10.1 Å². The summed E-state index contributed by atoms with van der Waals surface area (Å²) < 4.78 is 19.6. The van der Waals surface area contributed by atoms with Gasteiger partial charge in [-0.2, -0.15) is 0 Å². The van der Waals surface area contributed by atoms with Crippen molar-refractivity contribution in [3.05, 3.63) is 62.3 Å². The third kappa shape index (κ3) is 2.45. The zero-order valence-corrected chi connectivity index (χ0v) is 16.8. The zero-order chi connectivity index (χ0) is 18.6. The Balaban J connectivity index is 1.99. The van der Waals surface area contributed by atoms with Gasteiger partial charge in [-0.05, 0) is 69.1 Å². The zero-order valence-electron chi connectivity index (χ0n) is 13.6. The maximum Gasteiger partial charge on any atom is 0.263 e. The van der Waals surface area contributed by atoms with Gasteiger partial charge in [0.25, 0.3) is 5.91 Å².